The number of nitrogens with zero attached hydrogens (tertiary/aromatic N) is 7. The van der Waals surface area contributed by atoms with Crippen LogP contribution in [0.4, 0.5) is 54.5 Å². The fourth-order valence-corrected chi connectivity index (χ4v) is 10.3. The van der Waals surface area contributed by atoms with Crippen molar-refractivity contribution in [2.24, 2.45) is 5.92 Å². The quantitative estimate of drug-likeness (QED) is 0.0552. The highest BCUT2D eigenvalue weighted by Gasteiger charge is 2.62. The summed E-state index contributed by atoms with van der Waals surface area (Å²) in [6, 6.07) is 3.38. The van der Waals surface area contributed by atoms with Crippen LogP contribution in [0, 0.1) is 48.2 Å². The number of urea groups is 1. The van der Waals surface area contributed by atoms with Gasteiger partial charge in [-0.05, 0) is 75.4 Å². The van der Waals surface area contributed by atoms with E-state index in [2.05, 4.69) is 48.7 Å². The number of likely N-dealkylation sites (N-methyl/N-ethyl adjacent to an activating group) is 1. The molecular weight excluding hydrogens is 1110 g/mol. The van der Waals surface area contributed by atoms with E-state index in [0.717, 1.165) is 44.5 Å². The van der Waals surface area contributed by atoms with Crippen LogP contribution in [0.15, 0.2) is 42.5 Å². The molecular formula is C46H43F10N8O10PS2. The van der Waals surface area contributed by atoms with E-state index in [-0.39, 0.29) is 41.6 Å². The number of aryl methyl sites for hydroxylation is 1. The normalized spacial score (nSPS) is 17.0. The highest BCUT2D eigenvalue weighted by molar-refractivity contribution is 7.93. The number of alkyl halides is 8. The van der Waals surface area contributed by atoms with E-state index in [1.165, 1.54) is 32.9 Å². The Morgan fingerprint density at radius 3 is 2.13 bits per heavy atom. The number of fused-ring (bicyclic) bond motifs is 4. The lowest BCUT2D eigenvalue weighted by Crippen LogP contribution is -2.47. The Kier molecular flexibility index (Phi) is 15.1. The molecule has 18 nitrogen and oxygen atoms in total. The van der Waals surface area contributed by atoms with Gasteiger partial charge in [0.25, 0.3) is 0 Å². The molecule has 0 unspecified atom stereocenters. The van der Waals surface area contributed by atoms with E-state index in [1.807, 2.05) is 0 Å². The van der Waals surface area contributed by atoms with Crippen molar-refractivity contribution in [3.63, 3.8) is 0 Å². The number of hydrogen-bond donors (Lipinski definition) is 3. The maximum absolute atomic E-state index is 15.8. The fraction of sp³-hybridized carbons (Fsp3) is 0.413. The predicted octanol–water partition coefficient (Wildman–Crippen LogP) is 6.88. The maximum Gasteiger partial charge on any atom is 0.469 e. The number of phosphoric ester groups is 1. The molecule has 3 aromatic heterocycles. The van der Waals surface area contributed by atoms with Gasteiger partial charge in [-0.3, -0.25) is 18.7 Å². The lowest BCUT2D eigenvalue weighted by atomic mass is 9.84. The Bertz CT molecular complexity index is 3650. The molecule has 2 aliphatic rings. The van der Waals surface area contributed by atoms with Gasteiger partial charge < -0.3 is 20.0 Å². The summed E-state index contributed by atoms with van der Waals surface area (Å²) in [5.41, 5.74) is -6.39. The predicted molar refractivity (Wildman–Crippen MR) is 254 cm³/mol. The summed E-state index contributed by atoms with van der Waals surface area (Å²) in [4.78, 5) is 52.1. The number of nitrogens with one attached hydrogen (secondary N) is 1. The Morgan fingerprint density at radius 1 is 0.961 bits per heavy atom. The SMILES string of the molecule is Cc1ccc(-c2ccc(C#CC(C)(C)S(C)(=O)=O)nc2[C@H](Cc2cc(F)cc(F)c2)NC(=O)Cn2nc(C(F)(F)F)c3c2C(F)(F)[C@@H]2C#C[C@H]32)c2c1c(N(C(=O)N(C)C[C@@H](C)OP(=O)(O)O)S(C)(=O)=O)nn2CC(F)(F)F. The minimum atomic E-state index is -5.31. The van der Waals surface area contributed by atoms with Crippen molar-refractivity contribution in [2.45, 2.75) is 88.3 Å². The molecule has 77 heavy (non-hydrogen) atoms. The average molecular weight is 1150 g/mol. The number of benzene rings is 2. The summed E-state index contributed by atoms with van der Waals surface area (Å²) in [6.45, 7) is 0.756. The van der Waals surface area contributed by atoms with Crippen molar-refractivity contribution in [1.82, 2.24) is 34.8 Å². The molecule has 4 atom stereocenters. The van der Waals surface area contributed by atoms with E-state index in [4.69, 9.17) is 0 Å². The molecule has 0 radical (unpaired) electrons. The van der Waals surface area contributed by atoms with E-state index in [9.17, 15) is 75.9 Å². The van der Waals surface area contributed by atoms with Gasteiger partial charge in [0.1, 0.15) is 46.8 Å². The van der Waals surface area contributed by atoms with Gasteiger partial charge in [-0.1, -0.05) is 29.9 Å². The number of anilines is 1. The summed E-state index contributed by atoms with van der Waals surface area (Å²) in [5, 5.41) is 9.29. The molecule has 0 spiro atoms. The first-order valence-corrected chi connectivity index (χ1v) is 27.6. The van der Waals surface area contributed by atoms with Crippen molar-refractivity contribution in [3.8, 4) is 34.8 Å². The summed E-state index contributed by atoms with van der Waals surface area (Å²) in [5.74, 6) is -2.71. The molecule has 3 N–H and O–H groups in total. The number of phosphoric acid groups is 1. The summed E-state index contributed by atoms with van der Waals surface area (Å²) in [7, 11) is -13.0. The smallest absolute Gasteiger partial charge is 0.346 e. The lowest BCUT2D eigenvalue weighted by Gasteiger charge is -2.27. The number of carbonyl (C=O) groups excluding carboxylic acids is 2. The van der Waals surface area contributed by atoms with Crippen LogP contribution in [0.2, 0.25) is 0 Å². The van der Waals surface area contributed by atoms with Crippen molar-refractivity contribution < 1.29 is 89.2 Å². The van der Waals surface area contributed by atoms with Crippen molar-refractivity contribution in [1.29, 1.82) is 0 Å². The van der Waals surface area contributed by atoms with Gasteiger partial charge in [-0.15, -0.1) is 0 Å². The third-order valence-corrected chi connectivity index (χ3v) is 15.8. The first kappa shape index (κ1) is 58.1. The van der Waals surface area contributed by atoms with Crippen LogP contribution in [0.3, 0.4) is 0 Å². The van der Waals surface area contributed by atoms with E-state index in [0.29, 0.717) is 17.2 Å². The number of carbonyl (C=O) groups is 2. The molecule has 5 aromatic rings. The molecule has 7 rings (SSSR count). The largest absolute Gasteiger partial charge is 0.469 e. The molecule has 0 fully saturated rings. The maximum atomic E-state index is 15.8. The summed E-state index contributed by atoms with van der Waals surface area (Å²) < 4.78 is 216. The highest BCUT2D eigenvalue weighted by Crippen LogP contribution is 2.58. The first-order chi connectivity index (χ1) is 35.2. The second-order valence-electron chi connectivity index (χ2n) is 18.7. The third-order valence-electron chi connectivity index (χ3n) is 12.2. The molecule has 3 amide bonds. The Hall–Kier alpha value is -6.56. The van der Waals surface area contributed by atoms with Crippen LogP contribution in [0.1, 0.15) is 72.2 Å². The molecule has 2 aromatic carbocycles. The molecule has 0 aliphatic heterocycles. The monoisotopic (exact) mass is 1150 g/mol. The summed E-state index contributed by atoms with van der Waals surface area (Å²) in [6.07, 6.45) is -11.3. The Labute approximate surface area is 432 Å². The van der Waals surface area contributed by atoms with E-state index >= 15 is 8.78 Å². The number of aromatic nitrogens is 5. The Morgan fingerprint density at radius 2 is 1.58 bits per heavy atom. The lowest BCUT2D eigenvalue weighted by molar-refractivity contribution is -0.143. The van der Waals surface area contributed by atoms with Gasteiger partial charge in [0.15, 0.2) is 21.3 Å². The van der Waals surface area contributed by atoms with Crippen LogP contribution in [-0.4, -0.2) is 111 Å². The van der Waals surface area contributed by atoms with Gasteiger partial charge in [-0.2, -0.15) is 49.6 Å². The molecule has 2 aliphatic carbocycles. The van der Waals surface area contributed by atoms with Crippen LogP contribution in [0.25, 0.3) is 22.0 Å². The Balaban J connectivity index is 1.48. The number of halogens is 10. The van der Waals surface area contributed by atoms with Crippen LogP contribution in [0.5, 0.6) is 0 Å². The van der Waals surface area contributed by atoms with Gasteiger partial charge in [0.2, 0.25) is 15.9 Å². The minimum Gasteiger partial charge on any atom is -0.346 e. The molecule has 0 saturated heterocycles. The standard InChI is InChI=1S/C46H43F10N8O10PS2/c1-23-8-10-30(38-35(23)41(60-63(38)22-44(49,50)51)64(77(7,72)73)42(66)61(5)20-24(2)74-75(67,68)69)29-11-9-28(14-15-43(3,4)76(6,70)71)57-37(29)33(18-25-16-26(47)19-27(48)17-25)58-34(65)21-62-40-36(39(59-62)46(54,55)56)31-12-13-32(31)45(40,52)53/h8-11,16-17,19,24,31-33H,18,20-22H2,1-7H3,(H,58,65)(H2,67,68,69)/t24-,31+,32-,33+/m1/s1. The molecule has 3 heterocycles. The van der Waals surface area contributed by atoms with Crippen LogP contribution in [-0.2, 0) is 65.4 Å². The number of pyridine rings is 1. The third kappa shape index (κ3) is 12.1. The summed E-state index contributed by atoms with van der Waals surface area (Å²) >= 11 is 0. The van der Waals surface area contributed by atoms with Crippen molar-refractivity contribution >= 4 is 56.3 Å². The van der Waals surface area contributed by atoms with Gasteiger partial charge in [0.05, 0.1) is 35.5 Å². The second kappa shape index (κ2) is 20.0. The molecule has 31 heteroatoms. The van der Waals surface area contributed by atoms with Crippen LogP contribution < -0.4 is 9.62 Å². The fourth-order valence-electron chi connectivity index (χ4n) is 8.66. The van der Waals surface area contributed by atoms with Gasteiger partial charge in [-0.25, -0.2) is 40.0 Å². The second-order valence-corrected chi connectivity index (χ2v) is 24.3. The van der Waals surface area contributed by atoms with E-state index in [1.54, 1.807) is 0 Å². The minimum absolute atomic E-state index is 0.0173. The number of hydrogen-bond acceptors (Lipinski definition) is 11. The number of sulfone groups is 1. The number of rotatable bonds is 15. The van der Waals surface area contributed by atoms with Crippen molar-refractivity contribution in [3.05, 3.63) is 93.6 Å². The zero-order valence-electron chi connectivity index (χ0n) is 41.0. The molecule has 0 bridgehead atoms. The van der Waals surface area contributed by atoms with Crippen LogP contribution >= 0.6 is 7.82 Å². The van der Waals surface area contributed by atoms with Crippen molar-refractivity contribution in [2.75, 3.05) is 30.4 Å². The average Bonchev–Trinajstić information content (AvgIpc) is 3.83. The topological polar surface area (TPSA) is 236 Å². The zero-order valence-corrected chi connectivity index (χ0v) is 43.5. The molecule has 414 valence electrons. The first-order valence-electron chi connectivity index (χ1n) is 22.3. The highest BCUT2D eigenvalue weighted by atomic mass is 32.2. The number of amides is 3. The number of sulfonamides is 1. The zero-order chi connectivity index (χ0) is 57.5. The van der Waals surface area contributed by atoms with E-state index < -0.39 is 164 Å². The van der Waals surface area contributed by atoms with Gasteiger partial charge in [0, 0.05) is 48.0 Å². The van der Waals surface area contributed by atoms with Gasteiger partial charge >= 0.3 is 32.1 Å². The molecule has 0 saturated carbocycles.